The van der Waals surface area contributed by atoms with E-state index in [4.69, 9.17) is 9.47 Å². The summed E-state index contributed by atoms with van der Waals surface area (Å²) in [5.74, 6) is -0.531. The van der Waals surface area contributed by atoms with Gasteiger partial charge in [-0.2, -0.15) is 0 Å². The van der Waals surface area contributed by atoms with Gasteiger partial charge in [0, 0.05) is 12.0 Å². The van der Waals surface area contributed by atoms with Crippen molar-refractivity contribution in [2.45, 2.75) is 51.4 Å². The van der Waals surface area contributed by atoms with Gasteiger partial charge in [-0.05, 0) is 61.5 Å². The molecule has 0 heterocycles. The van der Waals surface area contributed by atoms with Gasteiger partial charge in [-0.15, -0.1) is 0 Å². The van der Waals surface area contributed by atoms with Crippen molar-refractivity contribution in [3.63, 3.8) is 0 Å². The lowest BCUT2D eigenvalue weighted by Crippen LogP contribution is -2.48. The molecule has 3 N–H and O–H groups in total. The summed E-state index contributed by atoms with van der Waals surface area (Å²) in [4.78, 5) is 25.5. The molecule has 1 aliphatic carbocycles. The molecule has 1 amide bonds. The number of ether oxygens (including phenoxy) is 2. The van der Waals surface area contributed by atoms with E-state index >= 15 is 0 Å². The molecular weight excluding hydrogens is 470 g/mol. The second-order valence-corrected chi connectivity index (χ2v) is 9.83. The van der Waals surface area contributed by atoms with E-state index in [9.17, 15) is 19.8 Å². The number of amides is 1. The maximum atomic E-state index is 13.4. The summed E-state index contributed by atoms with van der Waals surface area (Å²) in [5, 5.41) is 23.7. The first kappa shape index (κ1) is 26.6. The summed E-state index contributed by atoms with van der Waals surface area (Å²) in [6, 6.07) is 19.4. The van der Waals surface area contributed by atoms with Crippen LogP contribution in [0.4, 0.5) is 0 Å². The van der Waals surface area contributed by atoms with Gasteiger partial charge in [-0.3, -0.25) is 4.79 Å². The lowest BCUT2D eigenvalue weighted by atomic mass is 9.83. The molecule has 0 spiro atoms. The highest BCUT2D eigenvalue weighted by atomic mass is 16.5. The minimum Gasteiger partial charge on any atom is -0.492 e. The zero-order valence-corrected chi connectivity index (χ0v) is 21.1. The maximum absolute atomic E-state index is 13.4. The largest absolute Gasteiger partial charge is 0.492 e. The van der Waals surface area contributed by atoms with Gasteiger partial charge in [0.25, 0.3) is 5.91 Å². The smallest absolute Gasteiger partial charge is 0.328 e. The number of aliphatic carboxylic acids is 1. The molecule has 3 aromatic rings. The second-order valence-electron chi connectivity index (χ2n) is 9.83. The first-order valence-corrected chi connectivity index (χ1v) is 12.9. The van der Waals surface area contributed by atoms with Crippen LogP contribution in [0.15, 0.2) is 66.7 Å². The molecular formula is C30H35NO6. The monoisotopic (exact) mass is 505 g/mol. The fourth-order valence-corrected chi connectivity index (χ4v) is 4.86. The fraction of sp³-hybridized carbons (Fsp3) is 0.400. The Bertz CT molecular complexity index is 1190. The molecule has 1 unspecified atom stereocenters. The van der Waals surface area contributed by atoms with Gasteiger partial charge in [-0.1, -0.05) is 60.7 Å². The van der Waals surface area contributed by atoms with E-state index in [0.29, 0.717) is 29.8 Å². The van der Waals surface area contributed by atoms with Gasteiger partial charge in [0.05, 0.1) is 24.9 Å². The van der Waals surface area contributed by atoms with E-state index in [1.807, 2.05) is 60.7 Å². The molecule has 0 radical (unpaired) electrons. The number of fused-ring (bicyclic) bond motifs is 1. The predicted octanol–water partition coefficient (Wildman–Crippen LogP) is 4.81. The minimum atomic E-state index is -1.23. The summed E-state index contributed by atoms with van der Waals surface area (Å²) in [5.41, 5.74) is 1.22. The molecule has 1 aliphatic rings. The Morgan fingerprint density at radius 2 is 1.62 bits per heavy atom. The molecule has 0 aromatic heterocycles. The number of carboxylic acids is 1. The molecule has 3 aromatic carbocycles. The molecule has 4 rings (SSSR count). The van der Waals surface area contributed by atoms with Crippen LogP contribution in [-0.2, 0) is 16.1 Å². The minimum absolute atomic E-state index is 0.222. The number of nitrogens with one attached hydrogen (secondary N) is 1. The predicted molar refractivity (Wildman–Crippen MR) is 142 cm³/mol. The van der Waals surface area contributed by atoms with Crippen LogP contribution in [0.25, 0.3) is 10.8 Å². The Morgan fingerprint density at radius 3 is 2.32 bits per heavy atom. The summed E-state index contributed by atoms with van der Waals surface area (Å²) in [6.45, 7) is 2.57. The van der Waals surface area contributed by atoms with Crippen molar-refractivity contribution in [2.75, 3.05) is 13.2 Å². The Morgan fingerprint density at radius 1 is 0.946 bits per heavy atom. The Balaban J connectivity index is 1.50. The molecule has 0 saturated heterocycles. The Hall–Kier alpha value is -3.42. The fourth-order valence-electron chi connectivity index (χ4n) is 4.86. The highest BCUT2D eigenvalue weighted by Crippen LogP contribution is 2.33. The average Bonchev–Trinajstić information content (AvgIpc) is 2.93. The number of aliphatic hydroxyl groups is 1. The van der Waals surface area contributed by atoms with Crippen LogP contribution in [-0.4, -0.2) is 47.4 Å². The van der Waals surface area contributed by atoms with Crippen molar-refractivity contribution >= 4 is 22.6 Å². The number of carboxylic acid groups (broad SMARTS) is 1. The van der Waals surface area contributed by atoms with Crippen LogP contribution in [0.3, 0.4) is 0 Å². The van der Waals surface area contributed by atoms with E-state index in [1.54, 1.807) is 13.0 Å². The van der Waals surface area contributed by atoms with Gasteiger partial charge in [0.2, 0.25) is 0 Å². The van der Waals surface area contributed by atoms with E-state index in [0.717, 1.165) is 42.0 Å². The van der Waals surface area contributed by atoms with Crippen molar-refractivity contribution in [3.05, 3.63) is 77.9 Å². The quantitative estimate of drug-likeness (QED) is 0.346. The van der Waals surface area contributed by atoms with Crippen molar-refractivity contribution in [1.29, 1.82) is 0 Å². The molecule has 37 heavy (non-hydrogen) atoms. The van der Waals surface area contributed by atoms with Crippen LogP contribution < -0.4 is 10.1 Å². The van der Waals surface area contributed by atoms with Crippen LogP contribution >= 0.6 is 0 Å². The molecule has 0 aliphatic heterocycles. The normalized spacial score (nSPS) is 19.2. The van der Waals surface area contributed by atoms with Gasteiger partial charge >= 0.3 is 5.97 Å². The number of carbonyl (C=O) groups excluding carboxylic acids is 1. The highest BCUT2D eigenvalue weighted by molar-refractivity contribution is 6.04. The van der Waals surface area contributed by atoms with Gasteiger partial charge in [0.15, 0.2) is 6.04 Å². The number of benzene rings is 3. The molecule has 1 fully saturated rings. The first-order valence-electron chi connectivity index (χ1n) is 12.9. The highest BCUT2D eigenvalue weighted by Gasteiger charge is 2.29. The van der Waals surface area contributed by atoms with Crippen LogP contribution in [0.2, 0.25) is 0 Å². The van der Waals surface area contributed by atoms with Crippen molar-refractivity contribution < 1.29 is 29.3 Å². The molecule has 196 valence electrons. The summed E-state index contributed by atoms with van der Waals surface area (Å²) >= 11 is 0. The van der Waals surface area contributed by atoms with E-state index in [1.165, 1.54) is 0 Å². The van der Waals surface area contributed by atoms with Crippen LogP contribution in [0.1, 0.15) is 48.5 Å². The molecule has 0 bridgehead atoms. The first-order chi connectivity index (χ1) is 18.0. The molecule has 2 atom stereocenters. The standard InChI is InChI=1S/C30H35NO6/c1-20(36-18-22-7-3-2-4-8-22)27(30(34)35)31-29(33)26-16-15-24-9-5-6-10-25(24)28(26)37-19-23-13-11-21(17-32)12-14-23/h2-10,15-16,20-21,23,27,32H,11-14,17-19H2,1H3,(H,31,33)(H,34,35)/t20-,21?,23?,27?/m1/s1. The van der Waals surface area contributed by atoms with E-state index in [2.05, 4.69) is 5.32 Å². The maximum Gasteiger partial charge on any atom is 0.328 e. The zero-order chi connectivity index (χ0) is 26.2. The number of hydrogen-bond acceptors (Lipinski definition) is 5. The molecule has 1 saturated carbocycles. The molecule has 7 nitrogen and oxygen atoms in total. The van der Waals surface area contributed by atoms with Gasteiger partial charge in [0.1, 0.15) is 5.75 Å². The number of aliphatic hydroxyl groups excluding tert-OH is 1. The third-order valence-electron chi connectivity index (χ3n) is 7.19. The van der Waals surface area contributed by atoms with Gasteiger partial charge in [-0.25, -0.2) is 4.79 Å². The third kappa shape index (κ3) is 6.87. The van der Waals surface area contributed by atoms with Gasteiger partial charge < -0.3 is 25.0 Å². The zero-order valence-electron chi connectivity index (χ0n) is 21.1. The number of hydrogen-bond donors (Lipinski definition) is 3. The Labute approximate surface area is 217 Å². The summed E-state index contributed by atoms with van der Waals surface area (Å²) in [7, 11) is 0. The van der Waals surface area contributed by atoms with Crippen molar-refractivity contribution in [3.8, 4) is 5.75 Å². The third-order valence-corrected chi connectivity index (χ3v) is 7.19. The molecule has 7 heteroatoms. The second kappa shape index (κ2) is 12.7. The van der Waals surface area contributed by atoms with Crippen LogP contribution in [0.5, 0.6) is 5.75 Å². The Kier molecular flexibility index (Phi) is 9.14. The van der Waals surface area contributed by atoms with Crippen molar-refractivity contribution in [2.24, 2.45) is 11.8 Å². The summed E-state index contributed by atoms with van der Waals surface area (Å²) < 4.78 is 12.1. The number of carbonyl (C=O) groups is 2. The SMILES string of the molecule is C[C@@H](OCc1ccccc1)C(NC(=O)c1ccc2ccccc2c1OCC1CCC(CO)CC1)C(=O)O. The van der Waals surface area contributed by atoms with Crippen LogP contribution in [0, 0.1) is 11.8 Å². The lowest BCUT2D eigenvalue weighted by Gasteiger charge is -2.28. The number of rotatable bonds is 11. The van der Waals surface area contributed by atoms with E-state index in [-0.39, 0.29) is 13.2 Å². The van der Waals surface area contributed by atoms with Crippen molar-refractivity contribution in [1.82, 2.24) is 5.32 Å². The topological polar surface area (TPSA) is 105 Å². The average molecular weight is 506 g/mol. The lowest BCUT2D eigenvalue weighted by molar-refractivity contribution is -0.143. The van der Waals surface area contributed by atoms with E-state index < -0.39 is 24.0 Å². The summed E-state index contributed by atoms with van der Waals surface area (Å²) in [6.07, 6.45) is 3.11.